The van der Waals surface area contributed by atoms with Crippen LogP contribution in [0.4, 0.5) is 0 Å². The Morgan fingerprint density at radius 2 is 2.19 bits per heavy atom. The van der Waals surface area contributed by atoms with Gasteiger partial charge in [0.1, 0.15) is 0 Å². The normalized spacial score (nSPS) is 10.6. The van der Waals surface area contributed by atoms with Gasteiger partial charge in [-0.2, -0.15) is 5.10 Å². The van der Waals surface area contributed by atoms with Crippen molar-refractivity contribution < 1.29 is 0 Å². The number of hydrogen-bond acceptors (Lipinski definition) is 4. The molecular weight excluding hydrogens is 204 g/mol. The molecule has 1 aromatic heterocycles. The first kappa shape index (κ1) is 10.6. The summed E-state index contributed by atoms with van der Waals surface area (Å²) in [5.74, 6) is 0. The molecule has 2 rings (SSSR count). The number of hydrogen-bond donors (Lipinski definition) is 2. The zero-order valence-electron chi connectivity index (χ0n) is 8.89. The van der Waals surface area contributed by atoms with E-state index >= 15 is 0 Å². The van der Waals surface area contributed by atoms with Gasteiger partial charge in [-0.1, -0.05) is 18.2 Å². The highest BCUT2D eigenvalue weighted by Gasteiger charge is 2.01. The lowest BCUT2D eigenvalue weighted by atomic mass is 10.2. The van der Waals surface area contributed by atoms with E-state index in [9.17, 15) is 4.79 Å². The molecule has 0 aliphatic carbocycles. The fraction of sp³-hybridized carbons (Fsp3) is 0.273. The van der Waals surface area contributed by atoms with E-state index in [4.69, 9.17) is 5.73 Å². The third kappa shape index (κ3) is 2.04. The monoisotopic (exact) mass is 218 g/mol. The van der Waals surface area contributed by atoms with Crippen LogP contribution in [0.2, 0.25) is 0 Å². The third-order valence-corrected chi connectivity index (χ3v) is 2.34. The van der Waals surface area contributed by atoms with Gasteiger partial charge in [0.15, 0.2) is 0 Å². The summed E-state index contributed by atoms with van der Waals surface area (Å²) in [5.41, 5.74) is 8.16. The molecule has 1 aromatic carbocycles. The van der Waals surface area contributed by atoms with E-state index in [1.54, 1.807) is 12.3 Å². The number of nitrogens with zero attached hydrogens (tertiary/aromatic N) is 2. The second kappa shape index (κ2) is 4.76. The SMILES string of the molecule is NCCCNn1ncc2ccccc2c1=O. The van der Waals surface area contributed by atoms with Gasteiger partial charge in [0.25, 0.3) is 5.56 Å². The first-order valence-electron chi connectivity index (χ1n) is 5.24. The highest BCUT2D eigenvalue weighted by atomic mass is 16.1. The minimum absolute atomic E-state index is 0.130. The first-order valence-corrected chi connectivity index (χ1v) is 5.24. The molecule has 0 fully saturated rings. The summed E-state index contributed by atoms with van der Waals surface area (Å²) in [7, 11) is 0. The van der Waals surface area contributed by atoms with Gasteiger partial charge in [-0.3, -0.25) is 4.79 Å². The van der Waals surface area contributed by atoms with E-state index in [0.29, 0.717) is 18.5 Å². The molecular formula is C11H14N4O. The number of aromatic nitrogens is 2. The molecule has 0 unspecified atom stereocenters. The molecule has 0 bridgehead atoms. The Bertz CT molecular complexity index is 535. The molecule has 0 aliphatic heterocycles. The topological polar surface area (TPSA) is 72.9 Å². The van der Waals surface area contributed by atoms with E-state index < -0.39 is 0 Å². The maximum Gasteiger partial charge on any atom is 0.293 e. The third-order valence-electron chi connectivity index (χ3n) is 2.34. The Balaban J connectivity index is 2.33. The van der Waals surface area contributed by atoms with Crippen LogP contribution < -0.4 is 16.7 Å². The molecule has 0 amide bonds. The van der Waals surface area contributed by atoms with Crippen molar-refractivity contribution in [3.05, 3.63) is 40.8 Å². The Hall–Kier alpha value is -1.88. The van der Waals surface area contributed by atoms with Crippen molar-refractivity contribution in [2.45, 2.75) is 6.42 Å². The maximum absolute atomic E-state index is 11.9. The lowest BCUT2D eigenvalue weighted by Crippen LogP contribution is -2.32. The summed E-state index contributed by atoms with van der Waals surface area (Å²) in [6, 6.07) is 7.39. The highest BCUT2D eigenvalue weighted by molar-refractivity contribution is 5.80. The molecule has 0 aliphatic rings. The summed E-state index contributed by atoms with van der Waals surface area (Å²) >= 11 is 0. The lowest BCUT2D eigenvalue weighted by Gasteiger charge is -2.07. The highest BCUT2D eigenvalue weighted by Crippen LogP contribution is 2.05. The molecule has 5 nitrogen and oxygen atoms in total. The largest absolute Gasteiger partial charge is 0.330 e. The Kier molecular flexibility index (Phi) is 3.16. The van der Waals surface area contributed by atoms with Crippen LogP contribution in [-0.2, 0) is 0 Å². The van der Waals surface area contributed by atoms with Crippen LogP contribution in [-0.4, -0.2) is 23.0 Å². The van der Waals surface area contributed by atoms with E-state index in [1.165, 1.54) is 4.79 Å². The van der Waals surface area contributed by atoms with Gasteiger partial charge in [-0.25, -0.2) is 0 Å². The Morgan fingerprint density at radius 3 is 3.00 bits per heavy atom. The van der Waals surface area contributed by atoms with Gasteiger partial charge in [0.2, 0.25) is 0 Å². The zero-order valence-corrected chi connectivity index (χ0v) is 8.89. The van der Waals surface area contributed by atoms with Gasteiger partial charge in [0.05, 0.1) is 11.6 Å². The molecule has 5 heteroatoms. The summed E-state index contributed by atoms with van der Waals surface area (Å²) < 4.78 is 0. The van der Waals surface area contributed by atoms with Crippen LogP contribution in [0.25, 0.3) is 10.8 Å². The smallest absolute Gasteiger partial charge is 0.293 e. The summed E-state index contributed by atoms with van der Waals surface area (Å²) in [6.07, 6.45) is 2.48. The minimum Gasteiger partial charge on any atom is -0.330 e. The van der Waals surface area contributed by atoms with E-state index in [0.717, 1.165) is 11.8 Å². The standard InChI is InChI=1S/C11H14N4O/c12-6-3-7-13-15-11(16)10-5-2-1-4-9(10)8-14-15/h1-2,4-5,8,13H,3,6-7,12H2. The Labute approximate surface area is 92.8 Å². The van der Waals surface area contributed by atoms with Crippen molar-refractivity contribution in [2.24, 2.45) is 5.73 Å². The van der Waals surface area contributed by atoms with Crippen LogP contribution in [0.1, 0.15) is 6.42 Å². The van der Waals surface area contributed by atoms with Crippen molar-refractivity contribution in [3.63, 3.8) is 0 Å². The second-order valence-electron chi connectivity index (χ2n) is 3.50. The van der Waals surface area contributed by atoms with Crippen molar-refractivity contribution in [3.8, 4) is 0 Å². The predicted molar refractivity (Wildman–Crippen MR) is 63.9 cm³/mol. The summed E-state index contributed by atoms with van der Waals surface area (Å²) in [5, 5.41) is 5.55. The van der Waals surface area contributed by atoms with Crippen molar-refractivity contribution in [1.29, 1.82) is 0 Å². The molecule has 0 saturated carbocycles. The molecule has 0 saturated heterocycles. The molecule has 0 atom stereocenters. The molecule has 0 spiro atoms. The van der Waals surface area contributed by atoms with Gasteiger partial charge in [-0.05, 0) is 19.0 Å². The number of fused-ring (bicyclic) bond motifs is 1. The van der Waals surface area contributed by atoms with Crippen LogP contribution in [0.15, 0.2) is 35.3 Å². The van der Waals surface area contributed by atoms with Crippen LogP contribution in [0.3, 0.4) is 0 Å². The average Bonchev–Trinajstić information content (AvgIpc) is 2.33. The van der Waals surface area contributed by atoms with E-state index in [1.807, 2.05) is 18.2 Å². The second-order valence-corrected chi connectivity index (χ2v) is 3.50. The Morgan fingerprint density at radius 1 is 1.38 bits per heavy atom. The number of rotatable bonds is 4. The fourth-order valence-corrected chi connectivity index (χ4v) is 1.49. The van der Waals surface area contributed by atoms with Crippen LogP contribution in [0.5, 0.6) is 0 Å². The fourth-order valence-electron chi connectivity index (χ4n) is 1.49. The van der Waals surface area contributed by atoms with Crippen LogP contribution >= 0.6 is 0 Å². The van der Waals surface area contributed by atoms with Gasteiger partial charge >= 0.3 is 0 Å². The lowest BCUT2D eigenvalue weighted by molar-refractivity contribution is 0.673. The number of nitrogens with two attached hydrogens (primary N) is 1. The van der Waals surface area contributed by atoms with Gasteiger partial charge in [0, 0.05) is 11.9 Å². The quantitative estimate of drug-likeness (QED) is 0.723. The van der Waals surface area contributed by atoms with Crippen molar-refractivity contribution in [1.82, 2.24) is 9.89 Å². The van der Waals surface area contributed by atoms with Crippen LogP contribution in [0, 0.1) is 0 Å². The summed E-state index contributed by atoms with van der Waals surface area (Å²) in [6.45, 7) is 1.23. The molecule has 16 heavy (non-hydrogen) atoms. The first-order chi connectivity index (χ1) is 7.83. The maximum atomic E-state index is 11.9. The van der Waals surface area contributed by atoms with Crippen molar-refractivity contribution >= 4 is 10.8 Å². The molecule has 1 heterocycles. The van der Waals surface area contributed by atoms with E-state index in [2.05, 4.69) is 10.5 Å². The molecule has 0 radical (unpaired) electrons. The van der Waals surface area contributed by atoms with Gasteiger partial charge < -0.3 is 11.2 Å². The summed E-state index contributed by atoms with van der Waals surface area (Å²) in [4.78, 5) is 13.2. The average molecular weight is 218 g/mol. The number of benzene rings is 1. The molecule has 84 valence electrons. The predicted octanol–water partition coefficient (Wildman–Crippen LogP) is 0.289. The van der Waals surface area contributed by atoms with Gasteiger partial charge in [-0.15, -0.1) is 4.79 Å². The number of nitrogens with one attached hydrogen (secondary N) is 1. The molecule has 2 aromatic rings. The minimum atomic E-state index is -0.130. The zero-order chi connectivity index (χ0) is 11.4. The van der Waals surface area contributed by atoms with Crippen molar-refractivity contribution in [2.75, 3.05) is 18.5 Å². The van der Waals surface area contributed by atoms with E-state index in [-0.39, 0.29) is 5.56 Å². The molecule has 3 N–H and O–H groups in total.